The van der Waals surface area contributed by atoms with E-state index in [-0.39, 0.29) is 6.61 Å². The predicted octanol–water partition coefficient (Wildman–Crippen LogP) is 2.61. The molecule has 0 aromatic heterocycles. The minimum absolute atomic E-state index is 0.279. The lowest BCUT2D eigenvalue weighted by Crippen LogP contribution is -2.41. The number of rotatable bonds is 8. The Bertz CT molecular complexity index is 551. The highest BCUT2D eigenvalue weighted by atomic mass is 17.2. The van der Waals surface area contributed by atoms with Crippen LogP contribution in [0.25, 0.3) is 0 Å². The molecule has 6 heteroatoms. The molecule has 0 saturated heterocycles. The van der Waals surface area contributed by atoms with Crippen molar-refractivity contribution in [3.63, 3.8) is 0 Å². The van der Waals surface area contributed by atoms with Gasteiger partial charge in [-0.05, 0) is 19.1 Å². The monoisotopic (exact) mass is 305 g/mol. The van der Waals surface area contributed by atoms with Crippen molar-refractivity contribution in [2.24, 2.45) is 0 Å². The summed E-state index contributed by atoms with van der Waals surface area (Å²) in [5.41, 5.74) is 0.402. The van der Waals surface area contributed by atoms with Gasteiger partial charge in [-0.1, -0.05) is 48.5 Å². The Hall–Kier alpha value is -1.96. The molecular weight excluding hydrogens is 286 g/mol. The van der Waals surface area contributed by atoms with Crippen LogP contribution in [0, 0.1) is 0 Å². The Balaban J connectivity index is 2.14. The highest BCUT2D eigenvalue weighted by Crippen LogP contribution is 2.25. The molecular formula is C16H19NO5. The average molecular weight is 305 g/mol. The molecule has 0 aliphatic heterocycles. The first-order valence-electron chi connectivity index (χ1n) is 6.86. The molecule has 118 valence electrons. The molecule has 0 spiro atoms. The van der Waals surface area contributed by atoms with Crippen molar-refractivity contribution in [2.75, 3.05) is 13.7 Å². The first-order valence-corrected chi connectivity index (χ1v) is 6.86. The maximum absolute atomic E-state index is 10.5. The second kappa shape index (κ2) is 7.88. The fourth-order valence-electron chi connectivity index (χ4n) is 1.70. The molecule has 2 rings (SSSR count). The Morgan fingerprint density at radius 2 is 1.59 bits per heavy atom. The van der Waals surface area contributed by atoms with Crippen LogP contribution in [0.1, 0.15) is 12.5 Å². The molecule has 0 amide bonds. The van der Waals surface area contributed by atoms with Crippen LogP contribution >= 0.6 is 0 Å². The number of ether oxygens (including phenoxy) is 1. The zero-order valence-corrected chi connectivity index (χ0v) is 12.5. The van der Waals surface area contributed by atoms with Crippen molar-refractivity contribution in [1.82, 2.24) is 5.39 Å². The summed E-state index contributed by atoms with van der Waals surface area (Å²) in [5.74, 6) is -1.55. The van der Waals surface area contributed by atoms with Crippen LogP contribution in [0.15, 0.2) is 60.7 Å². The third kappa shape index (κ3) is 4.27. The van der Waals surface area contributed by atoms with Gasteiger partial charge in [-0.2, -0.15) is 4.84 Å². The quantitative estimate of drug-likeness (QED) is 0.597. The molecule has 0 aliphatic carbocycles. The summed E-state index contributed by atoms with van der Waals surface area (Å²) < 4.78 is 5.07. The maximum Gasteiger partial charge on any atom is 0.331 e. The molecule has 6 nitrogen and oxygen atoms in total. The molecule has 0 saturated carbocycles. The van der Waals surface area contributed by atoms with Crippen molar-refractivity contribution >= 4 is 0 Å². The minimum Gasteiger partial charge on any atom is -0.357 e. The first-order chi connectivity index (χ1) is 10.7. The number of para-hydroxylation sites is 1. The number of aliphatic hydroxyl groups is 1. The van der Waals surface area contributed by atoms with Gasteiger partial charge in [0, 0.05) is 12.7 Å². The van der Waals surface area contributed by atoms with E-state index in [9.17, 15) is 5.11 Å². The number of methoxy groups -OCH3 is 1. The van der Waals surface area contributed by atoms with E-state index in [1.807, 2.05) is 12.1 Å². The lowest BCUT2D eigenvalue weighted by atomic mass is 10.2. The van der Waals surface area contributed by atoms with Gasteiger partial charge in [0.1, 0.15) is 5.39 Å². The van der Waals surface area contributed by atoms with Crippen LogP contribution in [-0.4, -0.2) is 24.2 Å². The van der Waals surface area contributed by atoms with E-state index in [1.54, 1.807) is 55.5 Å². The lowest BCUT2D eigenvalue weighted by Gasteiger charge is -2.30. The van der Waals surface area contributed by atoms with Gasteiger partial charge in [-0.3, -0.25) is 0 Å². The van der Waals surface area contributed by atoms with Gasteiger partial charge >= 0.3 is 5.97 Å². The summed E-state index contributed by atoms with van der Waals surface area (Å²) in [4.78, 5) is 16.0. The normalized spacial score (nSPS) is 13.8. The van der Waals surface area contributed by atoms with E-state index < -0.39 is 5.97 Å². The van der Waals surface area contributed by atoms with E-state index in [2.05, 4.69) is 0 Å². The summed E-state index contributed by atoms with van der Waals surface area (Å²) in [7, 11) is 1.32. The van der Waals surface area contributed by atoms with Crippen LogP contribution in [0.4, 0.5) is 0 Å². The summed E-state index contributed by atoms with van der Waals surface area (Å²) >= 11 is 0. The van der Waals surface area contributed by atoms with E-state index in [4.69, 9.17) is 19.2 Å². The molecule has 22 heavy (non-hydrogen) atoms. The second-order valence-corrected chi connectivity index (χ2v) is 4.29. The van der Waals surface area contributed by atoms with Crippen LogP contribution in [-0.2, 0) is 20.4 Å². The van der Waals surface area contributed by atoms with Crippen LogP contribution < -0.4 is 4.84 Å². The average Bonchev–Trinajstić information content (AvgIpc) is 2.56. The van der Waals surface area contributed by atoms with Gasteiger partial charge in [0.15, 0.2) is 5.75 Å². The number of hydrogen-bond acceptors (Lipinski definition) is 6. The molecule has 0 radical (unpaired) electrons. The first kappa shape index (κ1) is 16.4. The zero-order valence-electron chi connectivity index (χ0n) is 12.5. The molecule has 0 heterocycles. The topological polar surface area (TPSA) is 60.4 Å². The highest BCUT2D eigenvalue weighted by Gasteiger charge is 2.35. The molecule has 1 atom stereocenters. The fraction of sp³-hybridized carbons (Fsp3) is 0.250. The third-order valence-corrected chi connectivity index (χ3v) is 2.77. The van der Waals surface area contributed by atoms with Gasteiger partial charge < -0.3 is 14.7 Å². The summed E-state index contributed by atoms with van der Waals surface area (Å²) in [5, 5.41) is 11.2. The number of nitrogens with zero attached hydrogens (tertiary/aromatic N) is 1. The van der Waals surface area contributed by atoms with Crippen molar-refractivity contribution < 1.29 is 24.4 Å². The van der Waals surface area contributed by atoms with Gasteiger partial charge in [-0.15, -0.1) is 0 Å². The lowest BCUT2D eigenvalue weighted by molar-refractivity contribution is -0.583. The largest absolute Gasteiger partial charge is 0.357 e. The van der Waals surface area contributed by atoms with E-state index in [1.165, 1.54) is 7.11 Å². The molecule has 0 fully saturated rings. The molecule has 2 aromatic carbocycles. The molecule has 0 bridgehead atoms. The maximum atomic E-state index is 10.5. The Morgan fingerprint density at radius 1 is 1.00 bits per heavy atom. The highest BCUT2D eigenvalue weighted by molar-refractivity contribution is 5.20. The predicted molar refractivity (Wildman–Crippen MR) is 79.0 cm³/mol. The fourth-order valence-corrected chi connectivity index (χ4v) is 1.70. The summed E-state index contributed by atoms with van der Waals surface area (Å²) in [6.07, 6.45) is 0. The van der Waals surface area contributed by atoms with E-state index >= 15 is 0 Å². The van der Waals surface area contributed by atoms with Crippen molar-refractivity contribution in [2.45, 2.75) is 12.9 Å². The van der Waals surface area contributed by atoms with E-state index in [0.717, 1.165) is 5.39 Å². The van der Waals surface area contributed by atoms with Gasteiger partial charge in [0.05, 0.1) is 6.61 Å². The van der Waals surface area contributed by atoms with Gasteiger partial charge in [0.25, 0.3) is 0 Å². The number of benzene rings is 2. The summed E-state index contributed by atoms with van der Waals surface area (Å²) in [6, 6.07) is 17.6. The molecule has 1 unspecified atom stereocenters. The van der Waals surface area contributed by atoms with Crippen molar-refractivity contribution in [1.29, 1.82) is 0 Å². The van der Waals surface area contributed by atoms with Crippen LogP contribution in [0.2, 0.25) is 0 Å². The van der Waals surface area contributed by atoms with Gasteiger partial charge in [-0.25, -0.2) is 4.84 Å². The van der Waals surface area contributed by atoms with Crippen molar-refractivity contribution in [3.05, 3.63) is 66.2 Å². The van der Waals surface area contributed by atoms with Crippen molar-refractivity contribution in [3.8, 4) is 5.75 Å². The summed E-state index contributed by atoms with van der Waals surface area (Å²) in [6.45, 7) is 2.04. The SMILES string of the molecule is CCON(Oc1ccccc1)OC(O)(OC)c1ccccc1. The standard InChI is InChI=1S/C16H19NO5/c1-3-20-17(21-15-12-8-5-9-13-15)22-16(18,19-2)14-10-6-4-7-11-14/h4-13,18H,3H2,1-2H3. The molecule has 1 N–H and O–H groups in total. The third-order valence-electron chi connectivity index (χ3n) is 2.77. The Kier molecular flexibility index (Phi) is 5.88. The molecule has 0 aliphatic rings. The van der Waals surface area contributed by atoms with Crippen LogP contribution in [0.3, 0.4) is 0 Å². The van der Waals surface area contributed by atoms with E-state index in [0.29, 0.717) is 11.3 Å². The zero-order chi connectivity index (χ0) is 15.8. The number of hydrogen-bond donors (Lipinski definition) is 1. The van der Waals surface area contributed by atoms with Gasteiger partial charge in [0.2, 0.25) is 0 Å². The molecule has 2 aromatic rings. The Morgan fingerprint density at radius 3 is 2.14 bits per heavy atom. The minimum atomic E-state index is -2.04. The second-order valence-electron chi connectivity index (χ2n) is 4.29. The Labute approximate surface area is 129 Å². The smallest absolute Gasteiger partial charge is 0.331 e. The van der Waals surface area contributed by atoms with Crippen LogP contribution in [0.5, 0.6) is 5.75 Å².